The number of benzene rings is 2. The SMILES string of the molecule is CCc1c(C(=O)N[C@@H](Cc2ccccc2)C(=O)C(N)=O)oc2ccccc2c1=O. The lowest BCUT2D eigenvalue weighted by Gasteiger charge is -2.17. The van der Waals surface area contributed by atoms with E-state index < -0.39 is 23.6 Å². The molecule has 0 radical (unpaired) electrons. The van der Waals surface area contributed by atoms with Crippen LogP contribution in [0.3, 0.4) is 0 Å². The molecule has 1 aromatic heterocycles. The summed E-state index contributed by atoms with van der Waals surface area (Å²) in [6.07, 6.45) is 0.344. The minimum atomic E-state index is -1.18. The van der Waals surface area contributed by atoms with E-state index in [4.69, 9.17) is 10.2 Å². The first kappa shape index (κ1) is 20.0. The number of nitrogens with one attached hydrogen (secondary N) is 1. The number of fused-ring (bicyclic) bond motifs is 1. The van der Waals surface area contributed by atoms with Crippen molar-refractivity contribution in [2.75, 3.05) is 0 Å². The van der Waals surface area contributed by atoms with Crippen molar-refractivity contribution in [1.82, 2.24) is 5.32 Å². The van der Waals surface area contributed by atoms with Gasteiger partial charge in [0, 0.05) is 12.0 Å². The number of carbonyl (C=O) groups excluding carboxylic acids is 3. The maximum Gasteiger partial charge on any atom is 0.288 e. The molecule has 0 unspecified atom stereocenters. The Morgan fingerprint density at radius 3 is 2.34 bits per heavy atom. The van der Waals surface area contributed by atoms with E-state index in [1.54, 1.807) is 55.5 Å². The maximum atomic E-state index is 12.9. The summed E-state index contributed by atoms with van der Waals surface area (Å²) in [7, 11) is 0. The van der Waals surface area contributed by atoms with Crippen molar-refractivity contribution in [2.24, 2.45) is 5.73 Å². The Hall–Kier alpha value is -3.74. The number of hydrogen-bond donors (Lipinski definition) is 2. The minimum absolute atomic E-state index is 0.0770. The fraction of sp³-hybridized carbons (Fsp3) is 0.182. The third-order valence-electron chi connectivity index (χ3n) is 4.60. The summed E-state index contributed by atoms with van der Waals surface area (Å²) in [6, 6.07) is 14.3. The van der Waals surface area contributed by atoms with Crippen molar-refractivity contribution in [3.8, 4) is 0 Å². The van der Waals surface area contributed by atoms with Crippen LogP contribution >= 0.6 is 0 Å². The van der Waals surface area contributed by atoms with E-state index in [0.717, 1.165) is 5.56 Å². The molecule has 0 fully saturated rings. The topological polar surface area (TPSA) is 119 Å². The first-order valence-electron chi connectivity index (χ1n) is 9.15. The van der Waals surface area contributed by atoms with Crippen LogP contribution < -0.4 is 16.5 Å². The number of Topliss-reactive ketones (excluding diaryl/α,β-unsaturated/α-hetero) is 1. The van der Waals surface area contributed by atoms with Crippen LogP contribution in [0.25, 0.3) is 11.0 Å². The predicted molar refractivity (Wildman–Crippen MR) is 107 cm³/mol. The van der Waals surface area contributed by atoms with Crippen molar-refractivity contribution >= 4 is 28.6 Å². The zero-order chi connectivity index (χ0) is 21.0. The Bertz CT molecular complexity index is 1130. The smallest absolute Gasteiger partial charge is 0.288 e. The Kier molecular flexibility index (Phi) is 5.87. The predicted octanol–water partition coefficient (Wildman–Crippen LogP) is 1.75. The number of para-hydroxylation sites is 1. The molecule has 0 saturated carbocycles. The molecule has 0 saturated heterocycles. The van der Waals surface area contributed by atoms with Crippen molar-refractivity contribution in [1.29, 1.82) is 0 Å². The summed E-state index contributed by atoms with van der Waals surface area (Å²) < 4.78 is 5.68. The summed E-state index contributed by atoms with van der Waals surface area (Å²) in [5, 5.41) is 2.88. The quantitative estimate of drug-likeness (QED) is 0.594. The van der Waals surface area contributed by atoms with Crippen LogP contribution in [0, 0.1) is 0 Å². The lowest BCUT2D eigenvalue weighted by atomic mass is 10.0. The Morgan fingerprint density at radius 2 is 1.69 bits per heavy atom. The van der Waals surface area contributed by atoms with Gasteiger partial charge in [-0.05, 0) is 24.1 Å². The largest absolute Gasteiger partial charge is 0.450 e. The fourth-order valence-corrected chi connectivity index (χ4v) is 3.14. The van der Waals surface area contributed by atoms with E-state index in [0.29, 0.717) is 5.39 Å². The second-order valence-electron chi connectivity index (χ2n) is 6.53. The van der Waals surface area contributed by atoms with Crippen molar-refractivity contribution in [3.05, 3.63) is 81.7 Å². The molecule has 0 spiro atoms. The summed E-state index contributed by atoms with van der Waals surface area (Å²) >= 11 is 0. The highest BCUT2D eigenvalue weighted by molar-refractivity contribution is 6.38. The molecule has 7 nitrogen and oxygen atoms in total. The van der Waals surface area contributed by atoms with Gasteiger partial charge >= 0.3 is 0 Å². The van der Waals surface area contributed by atoms with Gasteiger partial charge < -0.3 is 15.5 Å². The molecule has 2 aromatic carbocycles. The molecule has 0 aliphatic heterocycles. The minimum Gasteiger partial charge on any atom is -0.450 e. The Labute approximate surface area is 166 Å². The van der Waals surface area contributed by atoms with Crippen molar-refractivity contribution in [2.45, 2.75) is 25.8 Å². The number of hydrogen-bond acceptors (Lipinski definition) is 5. The highest BCUT2D eigenvalue weighted by atomic mass is 16.3. The van der Waals surface area contributed by atoms with Gasteiger partial charge in [-0.2, -0.15) is 0 Å². The Balaban J connectivity index is 1.98. The highest BCUT2D eigenvalue weighted by Gasteiger charge is 2.28. The number of carbonyl (C=O) groups is 3. The number of ketones is 1. The van der Waals surface area contributed by atoms with Gasteiger partial charge in [0.1, 0.15) is 11.6 Å². The van der Waals surface area contributed by atoms with E-state index in [1.807, 2.05) is 6.07 Å². The Morgan fingerprint density at radius 1 is 1.03 bits per heavy atom. The monoisotopic (exact) mass is 392 g/mol. The van der Waals surface area contributed by atoms with Crippen LogP contribution in [0.15, 0.2) is 63.8 Å². The molecule has 2 amide bonds. The third kappa shape index (κ3) is 4.24. The first-order valence-corrected chi connectivity index (χ1v) is 9.15. The van der Waals surface area contributed by atoms with Crippen LogP contribution in [0.5, 0.6) is 0 Å². The van der Waals surface area contributed by atoms with Gasteiger partial charge in [0.2, 0.25) is 5.78 Å². The molecule has 1 atom stereocenters. The summed E-state index contributed by atoms with van der Waals surface area (Å²) in [4.78, 5) is 49.3. The normalized spacial score (nSPS) is 11.8. The lowest BCUT2D eigenvalue weighted by molar-refractivity contribution is -0.137. The van der Waals surface area contributed by atoms with Gasteiger partial charge in [-0.15, -0.1) is 0 Å². The average molecular weight is 392 g/mol. The van der Waals surface area contributed by atoms with E-state index in [9.17, 15) is 19.2 Å². The van der Waals surface area contributed by atoms with Gasteiger partial charge in [0.25, 0.3) is 11.8 Å². The van der Waals surface area contributed by atoms with Gasteiger partial charge in [-0.25, -0.2) is 0 Å². The fourth-order valence-electron chi connectivity index (χ4n) is 3.14. The molecule has 3 rings (SSSR count). The molecule has 3 N–H and O–H groups in total. The molecule has 0 bridgehead atoms. The van der Waals surface area contributed by atoms with E-state index in [2.05, 4.69) is 5.32 Å². The van der Waals surface area contributed by atoms with E-state index >= 15 is 0 Å². The van der Waals surface area contributed by atoms with Crippen LogP contribution in [0.1, 0.15) is 28.6 Å². The molecule has 1 heterocycles. The lowest BCUT2D eigenvalue weighted by Crippen LogP contribution is -2.47. The number of rotatable bonds is 7. The average Bonchev–Trinajstić information content (AvgIpc) is 2.73. The standard InChI is InChI=1S/C22H20N2O5/c1-2-14-18(25)15-10-6-7-11-17(15)29-20(14)22(28)24-16(19(26)21(23)27)12-13-8-4-3-5-9-13/h3-11,16H,2,12H2,1H3,(H2,23,27)(H,24,28)/t16-/m0/s1. The van der Waals surface area contributed by atoms with Crippen molar-refractivity contribution < 1.29 is 18.8 Å². The maximum absolute atomic E-state index is 12.9. The molecular weight excluding hydrogens is 372 g/mol. The summed E-state index contributed by atoms with van der Waals surface area (Å²) in [6.45, 7) is 1.73. The van der Waals surface area contributed by atoms with Crippen LogP contribution in [0.2, 0.25) is 0 Å². The highest BCUT2D eigenvalue weighted by Crippen LogP contribution is 2.17. The molecule has 3 aromatic rings. The zero-order valence-electron chi connectivity index (χ0n) is 15.8. The number of primary amides is 1. The summed E-state index contributed by atoms with van der Waals surface area (Å²) in [5.74, 6) is -3.00. The molecular formula is C22H20N2O5. The third-order valence-corrected chi connectivity index (χ3v) is 4.60. The van der Waals surface area contributed by atoms with Gasteiger partial charge in [0.15, 0.2) is 11.2 Å². The van der Waals surface area contributed by atoms with Crippen LogP contribution in [-0.2, 0) is 22.4 Å². The molecule has 148 valence electrons. The van der Waals surface area contributed by atoms with E-state index in [1.165, 1.54) is 0 Å². The first-order chi connectivity index (χ1) is 13.9. The zero-order valence-corrected chi connectivity index (χ0v) is 15.8. The molecule has 0 aliphatic carbocycles. The van der Waals surface area contributed by atoms with Crippen LogP contribution in [0.4, 0.5) is 0 Å². The van der Waals surface area contributed by atoms with Gasteiger partial charge in [-0.1, -0.05) is 49.4 Å². The number of amides is 2. The van der Waals surface area contributed by atoms with Crippen molar-refractivity contribution in [3.63, 3.8) is 0 Å². The molecule has 7 heteroatoms. The van der Waals surface area contributed by atoms with Gasteiger partial charge in [-0.3, -0.25) is 19.2 Å². The number of nitrogens with two attached hydrogens (primary N) is 1. The second-order valence-corrected chi connectivity index (χ2v) is 6.53. The van der Waals surface area contributed by atoms with Crippen LogP contribution in [-0.4, -0.2) is 23.6 Å². The van der Waals surface area contributed by atoms with Gasteiger partial charge in [0.05, 0.1) is 5.39 Å². The molecule has 29 heavy (non-hydrogen) atoms. The second kappa shape index (κ2) is 8.52. The van der Waals surface area contributed by atoms with E-state index in [-0.39, 0.29) is 35.2 Å². The summed E-state index contributed by atoms with van der Waals surface area (Å²) in [5.41, 5.74) is 6.04. The molecule has 0 aliphatic rings.